The summed E-state index contributed by atoms with van der Waals surface area (Å²) in [4.78, 5) is 14.9. The van der Waals surface area contributed by atoms with Gasteiger partial charge in [0.1, 0.15) is 0 Å². The Morgan fingerprint density at radius 2 is 2.20 bits per heavy atom. The van der Waals surface area contributed by atoms with Gasteiger partial charge in [-0.3, -0.25) is 4.98 Å². The Hall–Kier alpha value is -2.21. The molecule has 6 heteroatoms. The van der Waals surface area contributed by atoms with Crippen LogP contribution in [-0.2, 0) is 6.54 Å². The van der Waals surface area contributed by atoms with E-state index < -0.39 is 0 Å². The van der Waals surface area contributed by atoms with Crippen molar-refractivity contribution in [1.29, 1.82) is 0 Å². The number of aromatic nitrogens is 3. The fourth-order valence-corrected chi connectivity index (χ4v) is 1.84. The average molecular weight is 273 g/mol. The molecule has 20 heavy (non-hydrogen) atoms. The average Bonchev–Trinajstić information content (AvgIpc) is 2.52. The lowest BCUT2D eigenvalue weighted by molar-refractivity contribution is 0.396. The number of hydrogen-bond donors (Lipinski definition) is 1. The second-order valence-corrected chi connectivity index (χ2v) is 4.32. The zero-order valence-electron chi connectivity index (χ0n) is 11.6. The highest BCUT2D eigenvalue weighted by atomic mass is 16.5. The van der Waals surface area contributed by atoms with Gasteiger partial charge in [-0.05, 0) is 24.6 Å². The van der Waals surface area contributed by atoms with Gasteiger partial charge in [-0.15, -0.1) is 0 Å². The van der Waals surface area contributed by atoms with Gasteiger partial charge >= 0.3 is 0 Å². The number of rotatable bonds is 7. The van der Waals surface area contributed by atoms with Crippen LogP contribution in [-0.4, -0.2) is 35.2 Å². The topological polar surface area (TPSA) is 77.2 Å². The van der Waals surface area contributed by atoms with Crippen LogP contribution in [0.15, 0.2) is 36.8 Å². The van der Waals surface area contributed by atoms with E-state index in [1.807, 2.05) is 18.3 Å². The largest absolute Gasteiger partial charge is 0.481 e. The summed E-state index contributed by atoms with van der Waals surface area (Å²) in [5.41, 5.74) is 6.71. The molecule has 2 N–H and O–H groups in total. The molecule has 106 valence electrons. The maximum atomic E-state index is 5.60. The van der Waals surface area contributed by atoms with Gasteiger partial charge in [-0.25, -0.2) is 4.98 Å². The highest BCUT2D eigenvalue weighted by Gasteiger charge is 2.11. The monoisotopic (exact) mass is 273 g/mol. The van der Waals surface area contributed by atoms with E-state index in [2.05, 4.69) is 19.9 Å². The van der Waals surface area contributed by atoms with Crippen LogP contribution in [0.4, 0.5) is 5.95 Å². The lowest BCUT2D eigenvalue weighted by Gasteiger charge is -2.22. The van der Waals surface area contributed by atoms with E-state index in [0.29, 0.717) is 24.9 Å². The molecule has 0 aromatic carbocycles. The van der Waals surface area contributed by atoms with E-state index in [1.54, 1.807) is 25.6 Å². The molecule has 0 spiro atoms. The quantitative estimate of drug-likeness (QED) is 0.817. The first kappa shape index (κ1) is 14.2. The lowest BCUT2D eigenvalue weighted by atomic mass is 10.2. The molecule has 0 unspecified atom stereocenters. The van der Waals surface area contributed by atoms with Crippen molar-refractivity contribution in [2.45, 2.75) is 13.0 Å². The van der Waals surface area contributed by atoms with E-state index in [-0.39, 0.29) is 0 Å². The van der Waals surface area contributed by atoms with Crippen molar-refractivity contribution in [2.75, 3.05) is 25.1 Å². The molecule has 0 saturated carbocycles. The van der Waals surface area contributed by atoms with Crippen LogP contribution in [0.25, 0.3) is 0 Å². The molecule has 0 aliphatic rings. The summed E-state index contributed by atoms with van der Waals surface area (Å²) in [5, 5.41) is 0. The summed E-state index contributed by atoms with van der Waals surface area (Å²) >= 11 is 0. The van der Waals surface area contributed by atoms with E-state index >= 15 is 0 Å². The van der Waals surface area contributed by atoms with E-state index in [0.717, 1.165) is 18.5 Å². The van der Waals surface area contributed by atoms with Gasteiger partial charge in [0.25, 0.3) is 0 Å². The number of hydrogen-bond acceptors (Lipinski definition) is 6. The van der Waals surface area contributed by atoms with Gasteiger partial charge in [0.2, 0.25) is 11.8 Å². The predicted octanol–water partition coefficient (Wildman–Crippen LogP) is 1.24. The van der Waals surface area contributed by atoms with E-state index in [1.165, 1.54) is 0 Å². The molecule has 2 aromatic heterocycles. The van der Waals surface area contributed by atoms with Crippen molar-refractivity contribution in [1.82, 2.24) is 15.0 Å². The van der Waals surface area contributed by atoms with Crippen LogP contribution in [0.5, 0.6) is 5.88 Å². The Bertz CT molecular complexity index is 520. The molecular weight excluding hydrogens is 254 g/mol. The fraction of sp³-hybridized carbons (Fsp3) is 0.357. The highest BCUT2D eigenvalue weighted by molar-refractivity contribution is 5.33. The molecule has 0 bridgehead atoms. The van der Waals surface area contributed by atoms with E-state index in [4.69, 9.17) is 10.5 Å². The molecule has 0 amide bonds. The first-order chi connectivity index (χ1) is 9.83. The molecule has 0 aliphatic heterocycles. The zero-order chi connectivity index (χ0) is 14.2. The third-order valence-electron chi connectivity index (χ3n) is 2.84. The van der Waals surface area contributed by atoms with Crippen LogP contribution in [0.3, 0.4) is 0 Å². The number of pyridine rings is 1. The van der Waals surface area contributed by atoms with Crippen LogP contribution in [0.1, 0.15) is 12.0 Å². The summed E-state index contributed by atoms with van der Waals surface area (Å²) in [6.45, 7) is 2.12. The summed E-state index contributed by atoms with van der Waals surface area (Å²) in [6.07, 6.45) is 6.17. The third kappa shape index (κ3) is 3.89. The maximum absolute atomic E-state index is 5.60. The first-order valence-electron chi connectivity index (χ1n) is 6.54. The minimum absolute atomic E-state index is 0.555. The Morgan fingerprint density at radius 1 is 1.30 bits per heavy atom. The predicted molar refractivity (Wildman–Crippen MR) is 77.5 cm³/mol. The second-order valence-electron chi connectivity index (χ2n) is 4.32. The Morgan fingerprint density at radius 3 is 2.90 bits per heavy atom. The maximum Gasteiger partial charge on any atom is 0.228 e. The van der Waals surface area contributed by atoms with Gasteiger partial charge in [-0.1, -0.05) is 6.07 Å². The zero-order valence-corrected chi connectivity index (χ0v) is 11.6. The molecule has 6 nitrogen and oxygen atoms in total. The van der Waals surface area contributed by atoms with Crippen molar-refractivity contribution in [3.8, 4) is 5.88 Å². The molecule has 0 saturated heterocycles. The summed E-state index contributed by atoms with van der Waals surface area (Å²) < 4.78 is 5.14. The van der Waals surface area contributed by atoms with Gasteiger partial charge in [0.05, 0.1) is 7.11 Å². The lowest BCUT2D eigenvalue weighted by Crippen LogP contribution is -2.27. The van der Waals surface area contributed by atoms with Crippen molar-refractivity contribution in [2.24, 2.45) is 5.73 Å². The summed E-state index contributed by atoms with van der Waals surface area (Å²) in [5.74, 6) is 1.19. The van der Waals surface area contributed by atoms with Crippen LogP contribution in [0.2, 0.25) is 0 Å². The second kappa shape index (κ2) is 7.40. The molecule has 2 rings (SSSR count). The number of nitrogens with two attached hydrogens (primary N) is 1. The molecular formula is C14H19N5O. The van der Waals surface area contributed by atoms with Gasteiger partial charge in [0, 0.05) is 37.7 Å². The number of nitrogens with zero attached hydrogens (tertiary/aromatic N) is 4. The van der Waals surface area contributed by atoms with Crippen molar-refractivity contribution in [3.05, 3.63) is 42.4 Å². The Balaban J connectivity index is 2.17. The summed E-state index contributed by atoms with van der Waals surface area (Å²) in [6, 6.07) is 5.68. The van der Waals surface area contributed by atoms with Gasteiger partial charge in [-0.2, -0.15) is 4.98 Å². The van der Waals surface area contributed by atoms with Crippen molar-refractivity contribution in [3.63, 3.8) is 0 Å². The minimum atomic E-state index is 0.555. The van der Waals surface area contributed by atoms with Gasteiger partial charge in [0.15, 0.2) is 0 Å². The molecule has 2 aromatic rings. The molecule has 0 aliphatic carbocycles. The number of ether oxygens (including phenoxy) is 1. The van der Waals surface area contributed by atoms with Gasteiger partial charge < -0.3 is 15.4 Å². The van der Waals surface area contributed by atoms with E-state index in [9.17, 15) is 0 Å². The highest BCUT2D eigenvalue weighted by Crippen LogP contribution is 2.15. The normalized spacial score (nSPS) is 10.3. The Labute approximate surface area is 118 Å². The standard InChI is InChI=1S/C14H19N5O/c1-20-13-5-8-17-14(18-13)19(9-3-6-15)11-12-4-2-7-16-10-12/h2,4-5,7-8,10H,3,6,9,11,15H2,1H3. The molecule has 2 heterocycles. The molecule has 0 fully saturated rings. The van der Waals surface area contributed by atoms with Crippen molar-refractivity contribution >= 4 is 5.95 Å². The SMILES string of the molecule is COc1ccnc(N(CCCN)Cc2cccnc2)n1. The van der Waals surface area contributed by atoms with Crippen molar-refractivity contribution < 1.29 is 4.74 Å². The first-order valence-corrected chi connectivity index (χ1v) is 6.54. The number of anilines is 1. The molecule has 0 atom stereocenters. The van der Waals surface area contributed by atoms with Crippen LogP contribution < -0.4 is 15.4 Å². The van der Waals surface area contributed by atoms with Crippen LogP contribution >= 0.6 is 0 Å². The number of methoxy groups -OCH3 is 1. The summed E-state index contributed by atoms with van der Waals surface area (Å²) in [7, 11) is 1.59. The minimum Gasteiger partial charge on any atom is -0.481 e. The Kier molecular flexibility index (Phi) is 5.25. The third-order valence-corrected chi connectivity index (χ3v) is 2.84. The smallest absolute Gasteiger partial charge is 0.228 e. The van der Waals surface area contributed by atoms with Crippen LogP contribution in [0, 0.1) is 0 Å². The fourth-order valence-electron chi connectivity index (χ4n) is 1.84. The molecule has 0 radical (unpaired) electrons.